The van der Waals surface area contributed by atoms with Crippen LogP contribution in [0, 0.1) is 0 Å². The summed E-state index contributed by atoms with van der Waals surface area (Å²) in [6.45, 7) is 7.29. The van der Waals surface area contributed by atoms with Gasteiger partial charge in [0.05, 0.1) is 0 Å². The third-order valence-corrected chi connectivity index (χ3v) is 3.53. The predicted molar refractivity (Wildman–Crippen MR) is 66.1 cm³/mol. The standard InChI is InChI=1S/C11H24N2S/c1-3-6-13(11-9-12-10-11)7-4-5-8-14-2/h11-12H,3-10H2,1-2H3. The summed E-state index contributed by atoms with van der Waals surface area (Å²) in [4.78, 5) is 2.66. The number of thioether (sulfide) groups is 1. The second-order valence-electron chi connectivity index (χ2n) is 4.05. The molecule has 0 radical (unpaired) electrons. The van der Waals surface area contributed by atoms with Gasteiger partial charge in [-0.05, 0) is 44.4 Å². The summed E-state index contributed by atoms with van der Waals surface area (Å²) in [6.07, 6.45) is 6.23. The SMILES string of the molecule is CCCN(CCCCSC)C1CNC1. The molecule has 1 N–H and O–H groups in total. The van der Waals surface area contributed by atoms with E-state index in [0.717, 1.165) is 6.04 Å². The second-order valence-corrected chi connectivity index (χ2v) is 5.03. The lowest BCUT2D eigenvalue weighted by Gasteiger charge is -2.38. The summed E-state index contributed by atoms with van der Waals surface area (Å²) >= 11 is 1.96. The molecule has 1 aliphatic rings. The summed E-state index contributed by atoms with van der Waals surface area (Å²) in [6, 6.07) is 0.837. The summed E-state index contributed by atoms with van der Waals surface area (Å²) in [5.74, 6) is 1.32. The van der Waals surface area contributed by atoms with E-state index in [-0.39, 0.29) is 0 Å². The Labute approximate surface area is 92.8 Å². The molecule has 0 aromatic rings. The zero-order chi connectivity index (χ0) is 10.2. The molecular formula is C11H24N2S. The van der Waals surface area contributed by atoms with Crippen LogP contribution in [0.1, 0.15) is 26.2 Å². The number of hydrogen-bond donors (Lipinski definition) is 1. The molecule has 3 heteroatoms. The highest BCUT2D eigenvalue weighted by Gasteiger charge is 2.22. The molecule has 1 aliphatic heterocycles. The molecule has 84 valence electrons. The van der Waals surface area contributed by atoms with Crippen molar-refractivity contribution in [2.45, 2.75) is 32.2 Å². The predicted octanol–water partition coefficient (Wildman–Crippen LogP) is 1.81. The van der Waals surface area contributed by atoms with Crippen LogP contribution in [0.25, 0.3) is 0 Å². The van der Waals surface area contributed by atoms with Crippen LogP contribution in [-0.2, 0) is 0 Å². The van der Waals surface area contributed by atoms with Gasteiger partial charge in [-0.2, -0.15) is 11.8 Å². The molecule has 14 heavy (non-hydrogen) atoms. The average Bonchev–Trinajstić information content (AvgIpc) is 2.10. The third kappa shape index (κ3) is 4.20. The molecule has 0 spiro atoms. The van der Waals surface area contributed by atoms with Crippen molar-refractivity contribution in [1.29, 1.82) is 0 Å². The van der Waals surface area contributed by atoms with E-state index in [1.165, 1.54) is 51.2 Å². The van der Waals surface area contributed by atoms with E-state index < -0.39 is 0 Å². The van der Waals surface area contributed by atoms with Crippen LogP contribution in [-0.4, -0.2) is 49.1 Å². The molecule has 1 rings (SSSR count). The Morgan fingerprint density at radius 3 is 2.57 bits per heavy atom. The first-order valence-corrected chi connectivity index (χ1v) is 7.21. The van der Waals surface area contributed by atoms with Crippen molar-refractivity contribution in [3.8, 4) is 0 Å². The Morgan fingerprint density at radius 1 is 1.29 bits per heavy atom. The van der Waals surface area contributed by atoms with Crippen molar-refractivity contribution in [3.63, 3.8) is 0 Å². The zero-order valence-corrected chi connectivity index (χ0v) is 10.4. The quantitative estimate of drug-likeness (QED) is 0.623. The topological polar surface area (TPSA) is 15.3 Å². The van der Waals surface area contributed by atoms with Crippen molar-refractivity contribution in [2.24, 2.45) is 0 Å². The molecule has 2 nitrogen and oxygen atoms in total. The van der Waals surface area contributed by atoms with Gasteiger partial charge in [-0.1, -0.05) is 6.92 Å². The van der Waals surface area contributed by atoms with Crippen LogP contribution in [0.4, 0.5) is 0 Å². The van der Waals surface area contributed by atoms with E-state index in [0.29, 0.717) is 0 Å². The molecular weight excluding hydrogens is 192 g/mol. The maximum atomic E-state index is 3.36. The minimum Gasteiger partial charge on any atom is -0.314 e. The van der Waals surface area contributed by atoms with Gasteiger partial charge >= 0.3 is 0 Å². The molecule has 0 amide bonds. The molecule has 0 aromatic carbocycles. The van der Waals surface area contributed by atoms with Crippen molar-refractivity contribution < 1.29 is 0 Å². The Hall–Kier alpha value is 0.270. The van der Waals surface area contributed by atoms with E-state index >= 15 is 0 Å². The summed E-state index contributed by atoms with van der Waals surface area (Å²) in [5.41, 5.74) is 0. The van der Waals surface area contributed by atoms with Crippen molar-refractivity contribution >= 4 is 11.8 Å². The van der Waals surface area contributed by atoms with Crippen molar-refractivity contribution in [2.75, 3.05) is 38.2 Å². The molecule has 1 fully saturated rings. The van der Waals surface area contributed by atoms with Crippen LogP contribution in [0.3, 0.4) is 0 Å². The van der Waals surface area contributed by atoms with E-state index in [1.807, 2.05) is 11.8 Å². The first kappa shape index (κ1) is 12.3. The minimum absolute atomic E-state index is 0.837. The van der Waals surface area contributed by atoms with Crippen molar-refractivity contribution in [3.05, 3.63) is 0 Å². The fourth-order valence-electron chi connectivity index (χ4n) is 1.86. The lowest BCUT2D eigenvalue weighted by atomic mass is 10.1. The lowest BCUT2D eigenvalue weighted by molar-refractivity contribution is 0.144. The average molecular weight is 216 g/mol. The molecule has 1 heterocycles. The highest BCUT2D eigenvalue weighted by Crippen LogP contribution is 2.08. The summed E-state index contributed by atoms with van der Waals surface area (Å²) in [7, 11) is 0. The van der Waals surface area contributed by atoms with Crippen LogP contribution in [0.15, 0.2) is 0 Å². The van der Waals surface area contributed by atoms with Crippen LogP contribution in [0.5, 0.6) is 0 Å². The van der Waals surface area contributed by atoms with Crippen molar-refractivity contribution in [1.82, 2.24) is 10.2 Å². The maximum Gasteiger partial charge on any atom is 0.0345 e. The number of rotatable bonds is 8. The number of nitrogens with one attached hydrogen (secondary N) is 1. The fourth-order valence-corrected chi connectivity index (χ4v) is 2.35. The lowest BCUT2D eigenvalue weighted by Crippen LogP contribution is -2.57. The molecule has 0 unspecified atom stereocenters. The Morgan fingerprint density at radius 2 is 2.07 bits per heavy atom. The monoisotopic (exact) mass is 216 g/mol. The van der Waals surface area contributed by atoms with Crippen LogP contribution >= 0.6 is 11.8 Å². The largest absolute Gasteiger partial charge is 0.314 e. The molecule has 0 bridgehead atoms. The van der Waals surface area contributed by atoms with Crippen LogP contribution < -0.4 is 5.32 Å². The maximum absolute atomic E-state index is 3.36. The third-order valence-electron chi connectivity index (χ3n) is 2.83. The van der Waals surface area contributed by atoms with Crippen LogP contribution in [0.2, 0.25) is 0 Å². The van der Waals surface area contributed by atoms with Gasteiger partial charge in [-0.15, -0.1) is 0 Å². The number of hydrogen-bond acceptors (Lipinski definition) is 3. The first-order chi connectivity index (χ1) is 6.88. The molecule has 0 aromatic heterocycles. The highest BCUT2D eigenvalue weighted by molar-refractivity contribution is 7.98. The fraction of sp³-hybridized carbons (Fsp3) is 1.00. The van der Waals surface area contributed by atoms with Gasteiger partial charge in [0.25, 0.3) is 0 Å². The Balaban J connectivity index is 2.08. The van der Waals surface area contributed by atoms with Gasteiger partial charge in [0.1, 0.15) is 0 Å². The van der Waals surface area contributed by atoms with Gasteiger partial charge in [0, 0.05) is 19.1 Å². The van der Waals surface area contributed by atoms with E-state index in [4.69, 9.17) is 0 Å². The van der Waals surface area contributed by atoms with E-state index in [1.54, 1.807) is 0 Å². The molecule has 0 aliphatic carbocycles. The van der Waals surface area contributed by atoms with Gasteiger partial charge in [0.15, 0.2) is 0 Å². The zero-order valence-electron chi connectivity index (χ0n) is 9.59. The molecule has 0 atom stereocenters. The van der Waals surface area contributed by atoms with E-state index in [9.17, 15) is 0 Å². The number of nitrogens with zero attached hydrogens (tertiary/aromatic N) is 1. The smallest absolute Gasteiger partial charge is 0.0345 e. The summed E-state index contributed by atoms with van der Waals surface area (Å²) < 4.78 is 0. The number of unbranched alkanes of at least 4 members (excludes halogenated alkanes) is 1. The highest BCUT2D eigenvalue weighted by atomic mass is 32.2. The second kappa shape index (κ2) is 7.55. The Bertz CT molecular complexity index is 137. The van der Waals surface area contributed by atoms with Gasteiger partial charge < -0.3 is 5.32 Å². The van der Waals surface area contributed by atoms with E-state index in [2.05, 4.69) is 23.4 Å². The molecule has 0 saturated carbocycles. The normalized spacial score (nSPS) is 17.4. The summed E-state index contributed by atoms with van der Waals surface area (Å²) in [5, 5.41) is 3.36. The first-order valence-electron chi connectivity index (χ1n) is 5.82. The Kier molecular flexibility index (Phi) is 6.65. The van der Waals surface area contributed by atoms with Gasteiger partial charge in [0.2, 0.25) is 0 Å². The minimum atomic E-state index is 0.837. The van der Waals surface area contributed by atoms with Gasteiger partial charge in [-0.3, -0.25) is 4.90 Å². The molecule has 1 saturated heterocycles. The van der Waals surface area contributed by atoms with Gasteiger partial charge in [-0.25, -0.2) is 0 Å².